The van der Waals surface area contributed by atoms with Crippen LogP contribution in [0.3, 0.4) is 0 Å². The molecule has 0 bridgehead atoms. The first kappa shape index (κ1) is 10.6. The second-order valence-electron chi connectivity index (χ2n) is 4.63. The van der Waals surface area contributed by atoms with Gasteiger partial charge >= 0.3 is 0 Å². The molecule has 3 rings (SSSR count). The van der Waals surface area contributed by atoms with Gasteiger partial charge in [-0.25, -0.2) is 4.98 Å². The van der Waals surface area contributed by atoms with E-state index in [4.69, 9.17) is 10.5 Å². The van der Waals surface area contributed by atoms with Gasteiger partial charge in [0.15, 0.2) is 0 Å². The van der Waals surface area contributed by atoms with Crippen LogP contribution in [0.4, 0.5) is 5.95 Å². The Morgan fingerprint density at radius 2 is 2.06 bits per heavy atom. The molecule has 4 heteroatoms. The van der Waals surface area contributed by atoms with Crippen LogP contribution >= 0.6 is 0 Å². The Morgan fingerprint density at radius 3 is 2.88 bits per heavy atom. The SMILES string of the molecule is Nc1nc2ccccc2n1CC1CCOCC1. The molecule has 1 aromatic heterocycles. The third-order valence-electron chi connectivity index (χ3n) is 3.47. The van der Waals surface area contributed by atoms with Gasteiger partial charge in [-0.1, -0.05) is 12.1 Å². The van der Waals surface area contributed by atoms with E-state index in [2.05, 4.69) is 15.6 Å². The number of nitrogen functional groups attached to an aromatic ring is 1. The van der Waals surface area contributed by atoms with Gasteiger partial charge in [0.2, 0.25) is 5.95 Å². The first-order valence-corrected chi connectivity index (χ1v) is 6.13. The fraction of sp³-hybridized carbons (Fsp3) is 0.462. The summed E-state index contributed by atoms with van der Waals surface area (Å²) in [5.74, 6) is 1.28. The van der Waals surface area contributed by atoms with E-state index in [0.717, 1.165) is 43.6 Å². The van der Waals surface area contributed by atoms with Crippen LogP contribution in [0.1, 0.15) is 12.8 Å². The van der Waals surface area contributed by atoms with Crippen LogP contribution in [0.25, 0.3) is 11.0 Å². The summed E-state index contributed by atoms with van der Waals surface area (Å²) in [6, 6.07) is 8.11. The molecule has 1 saturated heterocycles. The molecule has 0 radical (unpaired) electrons. The van der Waals surface area contributed by atoms with E-state index in [1.54, 1.807) is 0 Å². The molecular weight excluding hydrogens is 214 g/mol. The van der Waals surface area contributed by atoms with Crippen molar-refractivity contribution in [3.8, 4) is 0 Å². The maximum atomic E-state index is 5.99. The summed E-state index contributed by atoms with van der Waals surface area (Å²) in [6.07, 6.45) is 2.23. The molecular formula is C13H17N3O. The highest BCUT2D eigenvalue weighted by Crippen LogP contribution is 2.23. The average Bonchev–Trinajstić information content (AvgIpc) is 2.68. The predicted octanol–water partition coefficient (Wildman–Crippen LogP) is 2.05. The normalized spacial score (nSPS) is 17.6. The lowest BCUT2D eigenvalue weighted by Crippen LogP contribution is -2.21. The van der Waals surface area contributed by atoms with E-state index in [9.17, 15) is 0 Å². The Labute approximate surface area is 100 Å². The number of hydrogen-bond donors (Lipinski definition) is 1. The Bertz CT molecular complexity index is 514. The topological polar surface area (TPSA) is 53.1 Å². The van der Waals surface area contributed by atoms with Crippen molar-refractivity contribution in [1.29, 1.82) is 0 Å². The molecule has 0 spiro atoms. The van der Waals surface area contributed by atoms with Crippen LogP contribution in [-0.2, 0) is 11.3 Å². The standard InChI is InChI=1S/C13H17N3O/c14-13-15-11-3-1-2-4-12(11)16(13)9-10-5-7-17-8-6-10/h1-4,10H,5-9H2,(H2,14,15). The Hall–Kier alpha value is -1.55. The summed E-state index contributed by atoms with van der Waals surface area (Å²) in [5.41, 5.74) is 8.11. The van der Waals surface area contributed by atoms with Gasteiger partial charge in [0.1, 0.15) is 0 Å². The molecule has 1 fully saturated rings. The largest absolute Gasteiger partial charge is 0.381 e. The van der Waals surface area contributed by atoms with Crippen LogP contribution in [0.15, 0.2) is 24.3 Å². The van der Waals surface area contributed by atoms with E-state index >= 15 is 0 Å². The first-order chi connectivity index (χ1) is 8.34. The van der Waals surface area contributed by atoms with Gasteiger partial charge in [-0.2, -0.15) is 0 Å². The predicted molar refractivity (Wildman–Crippen MR) is 67.7 cm³/mol. The van der Waals surface area contributed by atoms with E-state index < -0.39 is 0 Å². The second-order valence-corrected chi connectivity index (χ2v) is 4.63. The molecule has 2 N–H and O–H groups in total. The number of anilines is 1. The maximum absolute atomic E-state index is 5.99. The molecule has 0 amide bonds. The molecule has 1 aliphatic rings. The van der Waals surface area contributed by atoms with Gasteiger partial charge in [-0.3, -0.25) is 0 Å². The smallest absolute Gasteiger partial charge is 0.201 e. The van der Waals surface area contributed by atoms with Crippen molar-refractivity contribution in [3.05, 3.63) is 24.3 Å². The summed E-state index contributed by atoms with van der Waals surface area (Å²) in [7, 11) is 0. The maximum Gasteiger partial charge on any atom is 0.201 e. The van der Waals surface area contributed by atoms with Crippen molar-refractivity contribution >= 4 is 17.0 Å². The minimum Gasteiger partial charge on any atom is -0.381 e. The first-order valence-electron chi connectivity index (χ1n) is 6.13. The average molecular weight is 231 g/mol. The number of para-hydroxylation sites is 2. The van der Waals surface area contributed by atoms with Crippen LogP contribution in [0.2, 0.25) is 0 Å². The van der Waals surface area contributed by atoms with E-state index in [-0.39, 0.29) is 0 Å². The van der Waals surface area contributed by atoms with Crippen molar-refractivity contribution in [2.75, 3.05) is 18.9 Å². The molecule has 0 saturated carbocycles. The number of rotatable bonds is 2. The number of nitrogens with two attached hydrogens (primary N) is 1. The Kier molecular flexibility index (Phi) is 2.73. The van der Waals surface area contributed by atoms with Crippen molar-refractivity contribution in [2.45, 2.75) is 19.4 Å². The fourth-order valence-corrected chi connectivity index (χ4v) is 2.47. The summed E-state index contributed by atoms with van der Waals surface area (Å²) >= 11 is 0. The number of hydrogen-bond acceptors (Lipinski definition) is 3. The number of ether oxygens (including phenoxy) is 1. The number of aromatic nitrogens is 2. The highest BCUT2D eigenvalue weighted by atomic mass is 16.5. The summed E-state index contributed by atoms with van der Waals surface area (Å²) in [4.78, 5) is 4.39. The molecule has 4 nitrogen and oxygen atoms in total. The van der Waals surface area contributed by atoms with Gasteiger partial charge in [0, 0.05) is 19.8 Å². The Balaban J connectivity index is 1.90. The lowest BCUT2D eigenvalue weighted by molar-refractivity contribution is 0.0618. The molecule has 90 valence electrons. The lowest BCUT2D eigenvalue weighted by atomic mass is 10.0. The highest BCUT2D eigenvalue weighted by Gasteiger charge is 2.17. The molecule has 2 aromatic rings. The van der Waals surface area contributed by atoms with Crippen molar-refractivity contribution < 1.29 is 4.74 Å². The number of nitrogens with zero attached hydrogens (tertiary/aromatic N) is 2. The van der Waals surface area contributed by atoms with E-state index in [1.165, 1.54) is 0 Å². The highest BCUT2D eigenvalue weighted by molar-refractivity contribution is 5.78. The number of fused-ring (bicyclic) bond motifs is 1. The minimum atomic E-state index is 0.623. The van der Waals surface area contributed by atoms with Gasteiger partial charge in [0.25, 0.3) is 0 Å². The van der Waals surface area contributed by atoms with E-state index in [1.807, 2.05) is 18.2 Å². The quantitative estimate of drug-likeness (QED) is 0.860. The van der Waals surface area contributed by atoms with Gasteiger partial charge in [-0.05, 0) is 30.9 Å². The zero-order chi connectivity index (χ0) is 11.7. The third-order valence-corrected chi connectivity index (χ3v) is 3.47. The van der Waals surface area contributed by atoms with Gasteiger partial charge < -0.3 is 15.0 Å². The molecule has 1 aliphatic heterocycles. The lowest BCUT2D eigenvalue weighted by Gasteiger charge is -2.22. The molecule has 2 heterocycles. The van der Waals surface area contributed by atoms with Crippen molar-refractivity contribution in [2.24, 2.45) is 5.92 Å². The van der Waals surface area contributed by atoms with Crippen LogP contribution in [0, 0.1) is 5.92 Å². The molecule has 1 aromatic carbocycles. The number of benzene rings is 1. The zero-order valence-electron chi connectivity index (χ0n) is 9.80. The zero-order valence-corrected chi connectivity index (χ0v) is 9.80. The molecule has 0 unspecified atom stereocenters. The van der Waals surface area contributed by atoms with E-state index in [0.29, 0.717) is 11.9 Å². The second kappa shape index (κ2) is 4.37. The van der Waals surface area contributed by atoms with Gasteiger partial charge in [-0.15, -0.1) is 0 Å². The fourth-order valence-electron chi connectivity index (χ4n) is 2.47. The third kappa shape index (κ3) is 2.00. The molecule has 17 heavy (non-hydrogen) atoms. The van der Waals surface area contributed by atoms with Crippen LogP contribution < -0.4 is 5.73 Å². The minimum absolute atomic E-state index is 0.623. The summed E-state index contributed by atoms with van der Waals surface area (Å²) < 4.78 is 7.51. The van der Waals surface area contributed by atoms with Crippen LogP contribution in [0.5, 0.6) is 0 Å². The van der Waals surface area contributed by atoms with Crippen LogP contribution in [-0.4, -0.2) is 22.8 Å². The van der Waals surface area contributed by atoms with Crippen molar-refractivity contribution in [1.82, 2.24) is 9.55 Å². The Morgan fingerprint density at radius 1 is 1.29 bits per heavy atom. The molecule has 0 aliphatic carbocycles. The summed E-state index contributed by atoms with van der Waals surface area (Å²) in [6.45, 7) is 2.70. The summed E-state index contributed by atoms with van der Waals surface area (Å²) in [5, 5.41) is 0. The molecule has 0 atom stereocenters. The van der Waals surface area contributed by atoms with Gasteiger partial charge in [0.05, 0.1) is 11.0 Å². The monoisotopic (exact) mass is 231 g/mol. The van der Waals surface area contributed by atoms with Crippen molar-refractivity contribution in [3.63, 3.8) is 0 Å². The number of imidazole rings is 1.